The molecule has 0 spiro atoms. The molecule has 0 aliphatic carbocycles. The Morgan fingerprint density at radius 1 is 0.897 bits per heavy atom. The number of amides is 1. The molecule has 2 aliphatic rings. The summed E-state index contributed by atoms with van der Waals surface area (Å²) < 4.78 is 6.43. The lowest BCUT2D eigenvalue weighted by Gasteiger charge is -2.55. The van der Waals surface area contributed by atoms with Crippen molar-refractivity contribution in [1.82, 2.24) is 4.98 Å². The number of hydrogen-bond donors (Lipinski definition) is 0. The minimum absolute atomic E-state index is 0.0993. The van der Waals surface area contributed by atoms with Gasteiger partial charge in [-0.25, -0.2) is 4.98 Å². The fourth-order valence-corrected chi connectivity index (χ4v) is 7.55. The van der Waals surface area contributed by atoms with Crippen LogP contribution in [0.2, 0.25) is 5.02 Å². The van der Waals surface area contributed by atoms with E-state index in [2.05, 4.69) is 18.2 Å². The smallest absolute Gasteiger partial charge is 0.248 e. The standard InChI is InChI=1S/C32H22Cl2N2O2S/c33-22-16-14-21(15-17-22)32-19-28(39-27-13-7-6-12-26(27)36(32)31(37)29(32)34)24-18-20-8-4-5-11-25(20)35-30(24)38-23-9-2-1-3-10-23/h1-18,28-29H,19H2. The molecule has 0 N–H and O–H groups in total. The highest BCUT2D eigenvalue weighted by molar-refractivity contribution is 7.99. The number of nitrogens with zero attached hydrogens (tertiary/aromatic N) is 2. The van der Waals surface area contributed by atoms with Gasteiger partial charge < -0.3 is 4.74 Å². The first kappa shape index (κ1) is 24.5. The van der Waals surface area contributed by atoms with Crippen molar-refractivity contribution in [2.24, 2.45) is 0 Å². The van der Waals surface area contributed by atoms with E-state index in [4.69, 9.17) is 32.9 Å². The van der Waals surface area contributed by atoms with Crippen molar-refractivity contribution in [2.75, 3.05) is 4.90 Å². The molecule has 2 aliphatic heterocycles. The molecule has 192 valence electrons. The number of ether oxygens (including phenoxy) is 1. The van der Waals surface area contributed by atoms with Crippen molar-refractivity contribution in [2.45, 2.75) is 27.5 Å². The monoisotopic (exact) mass is 568 g/mol. The maximum absolute atomic E-state index is 13.4. The van der Waals surface area contributed by atoms with Crippen molar-refractivity contribution < 1.29 is 9.53 Å². The highest BCUT2D eigenvalue weighted by atomic mass is 35.5. The van der Waals surface area contributed by atoms with Crippen molar-refractivity contribution in [1.29, 1.82) is 0 Å². The molecule has 4 aromatic carbocycles. The minimum atomic E-state index is -0.761. The molecule has 1 amide bonds. The number of alkyl halides is 1. The highest BCUT2D eigenvalue weighted by Gasteiger charge is 2.63. The first-order valence-corrected chi connectivity index (χ1v) is 14.4. The van der Waals surface area contributed by atoms with Crippen LogP contribution in [0.15, 0.2) is 114 Å². The number of halogens is 2. The van der Waals surface area contributed by atoms with Gasteiger partial charge >= 0.3 is 0 Å². The molecule has 1 saturated heterocycles. The maximum atomic E-state index is 13.4. The van der Waals surface area contributed by atoms with E-state index in [1.54, 1.807) is 11.8 Å². The topological polar surface area (TPSA) is 42.4 Å². The molecule has 0 saturated carbocycles. The van der Waals surface area contributed by atoms with Crippen molar-refractivity contribution in [3.63, 3.8) is 0 Å². The lowest BCUT2D eigenvalue weighted by atomic mass is 9.72. The molecule has 5 aromatic rings. The summed E-state index contributed by atoms with van der Waals surface area (Å²) in [6.07, 6.45) is 0.569. The Bertz CT molecular complexity index is 1710. The lowest BCUT2D eigenvalue weighted by Crippen LogP contribution is -2.70. The molecule has 4 nitrogen and oxygen atoms in total. The number of hydrogen-bond acceptors (Lipinski definition) is 4. The van der Waals surface area contributed by atoms with Crippen LogP contribution in [-0.4, -0.2) is 16.3 Å². The third-order valence-electron chi connectivity index (χ3n) is 7.49. The Labute approximate surface area is 240 Å². The summed E-state index contributed by atoms with van der Waals surface area (Å²) >= 11 is 15.0. The molecule has 39 heavy (non-hydrogen) atoms. The normalized spacial score (nSPS) is 22.0. The summed E-state index contributed by atoms with van der Waals surface area (Å²) in [4.78, 5) is 21.3. The Hall–Kier alpha value is -3.51. The molecule has 3 unspecified atom stereocenters. The van der Waals surface area contributed by atoms with Crippen molar-refractivity contribution in [3.05, 3.63) is 125 Å². The predicted molar refractivity (Wildman–Crippen MR) is 158 cm³/mol. The number of carbonyl (C=O) groups excluding carboxylic acids is 1. The van der Waals surface area contributed by atoms with Gasteiger partial charge in [-0.1, -0.05) is 72.3 Å². The molecule has 7 rings (SSSR count). The summed E-state index contributed by atoms with van der Waals surface area (Å²) in [7, 11) is 0. The van der Waals surface area contributed by atoms with E-state index in [0.717, 1.165) is 32.6 Å². The van der Waals surface area contributed by atoms with E-state index in [-0.39, 0.29) is 11.2 Å². The number of β-lactam (4-membered cyclic amide) rings is 1. The Morgan fingerprint density at radius 3 is 2.44 bits per heavy atom. The van der Waals surface area contributed by atoms with Crippen LogP contribution in [-0.2, 0) is 10.3 Å². The molecular formula is C32H22Cl2N2O2S. The third kappa shape index (κ3) is 3.99. The van der Waals surface area contributed by atoms with Crippen LogP contribution in [0.4, 0.5) is 5.69 Å². The average molecular weight is 570 g/mol. The van der Waals surface area contributed by atoms with Crippen molar-refractivity contribution in [3.8, 4) is 11.6 Å². The molecular weight excluding hydrogens is 547 g/mol. The number of pyridine rings is 1. The second-order valence-corrected chi connectivity index (χ2v) is 11.9. The molecule has 3 atom stereocenters. The number of rotatable bonds is 4. The SMILES string of the molecule is O=C1C(Cl)C2(c3ccc(Cl)cc3)CC(c3cc4ccccc4nc3Oc3ccccc3)Sc3ccccc3N12. The summed E-state index contributed by atoms with van der Waals surface area (Å²) in [5, 5.41) is 0.822. The van der Waals surface area contributed by atoms with Crippen molar-refractivity contribution >= 4 is 57.5 Å². The minimum Gasteiger partial charge on any atom is -0.439 e. The molecule has 0 radical (unpaired) electrons. The number of fused-ring (bicyclic) bond motifs is 4. The number of para-hydroxylation sites is 3. The van der Waals surface area contributed by atoms with Crippen LogP contribution in [0.3, 0.4) is 0 Å². The Kier molecular flexibility index (Phi) is 6.03. The van der Waals surface area contributed by atoms with Gasteiger partial charge in [0.15, 0.2) is 0 Å². The predicted octanol–water partition coefficient (Wildman–Crippen LogP) is 8.77. The first-order valence-electron chi connectivity index (χ1n) is 12.7. The lowest BCUT2D eigenvalue weighted by molar-refractivity contribution is -0.127. The number of aromatic nitrogens is 1. The van der Waals surface area contributed by atoms with Crippen LogP contribution in [0.5, 0.6) is 11.6 Å². The molecule has 0 bridgehead atoms. The number of carbonyl (C=O) groups is 1. The quantitative estimate of drug-likeness (QED) is 0.160. The van der Waals surface area contributed by atoms with Gasteiger partial charge in [0.1, 0.15) is 11.1 Å². The van der Waals surface area contributed by atoms with Crippen LogP contribution in [0, 0.1) is 0 Å². The van der Waals surface area contributed by atoms with Crippen LogP contribution >= 0.6 is 35.0 Å². The summed E-state index contributed by atoms with van der Waals surface area (Å²) in [5.74, 6) is 1.16. The second-order valence-electron chi connectivity index (χ2n) is 9.74. The zero-order chi connectivity index (χ0) is 26.6. The maximum Gasteiger partial charge on any atom is 0.248 e. The van der Waals surface area contributed by atoms with E-state index >= 15 is 0 Å². The van der Waals surface area contributed by atoms with Gasteiger partial charge in [-0.2, -0.15) is 0 Å². The van der Waals surface area contributed by atoms with Gasteiger partial charge in [0.2, 0.25) is 11.8 Å². The summed E-state index contributed by atoms with van der Waals surface area (Å²) in [5.41, 5.74) is 2.86. The molecule has 1 fully saturated rings. The van der Waals surface area contributed by atoms with Crippen LogP contribution in [0.25, 0.3) is 10.9 Å². The number of benzene rings is 4. The fraction of sp³-hybridized carbons (Fsp3) is 0.125. The fourth-order valence-electron chi connectivity index (χ4n) is 5.64. The largest absolute Gasteiger partial charge is 0.439 e. The van der Waals surface area contributed by atoms with Gasteiger partial charge in [0.05, 0.1) is 16.7 Å². The zero-order valence-corrected chi connectivity index (χ0v) is 23.0. The Balaban J connectivity index is 1.44. The average Bonchev–Trinajstić information content (AvgIpc) is 3.11. The van der Waals surface area contributed by atoms with Gasteiger partial charge in [-0.3, -0.25) is 9.69 Å². The number of anilines is 1. The number of thioether (sulfide) groups is 1. The first-order chi connectivity index (χ1) is 19.0. The van der Waals surface area contributed by atoms with E-state index in [0.29, 0.717) is 23.1 Å². The summed E-state index contributed by atoms with van der Waals surface area (Å²) in [6.45, 7) is 0. The van der Waals surface area contributed by atoms with Gasteiger partial charge in [0.25, 0.3) is 0 Å². The van der Waals surface area contributed by atoms with Crippen LogP contribution in [0.1, 0.15) is 22.8 Å². The molecule has 1 aromatic heterocycles. The van der Waals surface area contributed by atoms with Gasteiger partial charge in [-0.15, -0.1) is 23.4 Å². The zero-order valence-electron chi connectivity index (χ0n) is 20.6. The van der Waals surface area contributed by atoms with E-state index < -0.39 is 10.9 Å². The summed E-state index contributed by atoms with van der Waals surface area (Å²) in [6, 6.07) is 35.6. The highest BCUT2D eigenvalue weighted by Crippen LogP contribution is 2.61. The third-order valence-corrected chi connectivity index (χ3v) is 9.60. The van der Waals surface area contributed by atoms with E-state index in [1.807, 2.05) is 95.9 Å². The Morgan fingerprint density at radius 2 is 1.62 bits per heavy atom. The van der Waals surface area contributed by atoms with Gasteiger partial charge in [-0.05, 0) is 60.5 Å². The van der Waals surface area contributed by atoms with E-state index in [9.17, 15) is 4.79 Å². The van der Waals surface area contributed by atoms with E-state index in [1.165, 1.54) is 0 Å². The molecule has 3 heterocycles. The molecule has 7 heteroatoms. The van der Waals surface area contributed by atoms with Crippen LogP contribution < -0.4 is 9.64 Å². The van der Waals surface area contributed by atoms with Gasteiger partial charge in [0, 0.05) is 26.1 Å². The second kappa shape index (κ2) is 9.60.